The van der Waals surface area contributed by atoms with Crippen molar-refractivity contribution in [1.82, 2.24) is 14.9 Å². The predicted octanol–water partition coefficient (Wildman–Crippen LogP) is 4.23. The van der Waals surface area contributed by atoms with E-state index in [0.717, 1.165) is 35.0 Å². The molecule has 0 spiro atoms. The number of rotatable bonds is 6. The van der Waals surface area contributed by atoms with Gasteiger partial charge in [0.15, 0.2) is 5.16 Å². The van der Waals surface area contributed by atoms with E-state index in [4.69, 9.17) is 4.98 Å². The summed E-state index contributed by atoms with van der Waals surface area (Å²) in [7, 11) is 1.78. The van der Waals surface area contributed by atoms with E-state index in [1.807, 2.05) is 37.3 Å². The van der Waals surface area contributed by atoms with Crippen molar-refractivity contribution < 1.29 is 4.79 Å². The number of aromatic nitrogens is 2. The average Bonchev–Trinajstić information content (AvgIpc) is 3.10. The van der Waals surface area contributed by atoms with Crippen molar-refractivity contribution in [3.63, 3.8) is 0 Å². The van der Waals surface area contributed by atoms with Gasteiger partial charge in [-0.25, -0.2) is 4.98 Å². The number of amides is 1. The number of thiophene rings is 1. The van der Waals surface area contributed by atoms with Crippen LogP contribution in [0.25, 0.3) is 10.2 Å². The van der Waals surface area contributed by atoms with Crippen LogP contribution >= 0.6 is 23.1 Å². The van der Waals surface area contributed by atoms with E-state index < -0.39 is 0 Å². The number of nitrogens with one attached hydrogen (secondary N) is 1. The number of fused-ring (bicyclic) bond motifs is 3. The van der Waals surface area contributed by atoms with Crippen molar-refractivity contribution in [2.45, 2.75) is 50.2 Å². The summed E-state index contributed by atoms with van der Waals surface area (Å²) < 4.78 is 1.64. The van der Waals surface area contributed by atoms with Gasteiger partial charge in [0.25, 0.3) is 5.56 Å². The molecule has 0 saturated heterocycles. The van der Waals surface area contributed by atoms with E-state index in [9.17, 15) is 9.59 Å². The third-order valence-corrected chi connectivity index (χ3v) is 7.61. The second-order valence-corrected chi connectivity index (χ2v) is 9.59. The fraction of sp³-hybridized carbons (Fsp3) is 0.409. The van der Waals surface area contributed by atoms with Crippen LogP contribution in [0.5, 0.6) is 0 Å². The first-order valence-electron chi connectivity index (χ1n) is 10.0. The molecule has 1 aliphatic rings. The molecule has 1 N–H and O–H groups in total. The van der Waals surface area contributed by atoms with Crippen molar-refractivity contribution in [1.29, 1.82) is 0 Å². The van der Waals surface area contributed by atoms with Crippen LogP contribution in [-0.2, 0) is 24.7 Å². The normalized spacial score (nSPS) is 14.6. The van der Waals surface area contributed by atoms with Gasteiger partial charge in [-0.2, -0.15) is 0 Å². The molecule has 1 aliphatic carbocycles. The SMILES string of the molecule is C[C@@H](NC(=O)CCSc1nc2sc3c(c2c(=O)n1C)CCCC3)c1ccccc1. The summed E-state index contributed by atoms with van der Waals surface area (Å²) in [6.07, 6.45) is 4.77. The molecule has 0 unspecified atom stereocenters. The zero-order valence-corrected chi connectivity index (χ0v) is 18.4. The largest absolute Gasteiger partial charge is 0.350 e. The quantitative estimate of drug-likeness (QED) is 0.472. The molecule has 7 heteroatoms. The summed E-state index contributed by atoms with van der Waals surface area (Å²) in [5, 5.41) is 4.53. The van der Waals surface area contributed by atoms with Gasteiger partial charge in [0.2, 0.25) is 5.91 Å². The van der Waals surface area contributed by atoms with Gasteiger partial charge in [0, 0.05) is 24.1 Å². The van der Waals surface area contributed by atoms with Crippen LogP contribution in [0.1, 0.15) is 48.2 Å². The van der Waals surface area contributed by atoms with Crippen LogP contribution < -0.4 is 10.9 Å². The predicted molar refractivity (Wildman–Crippen MR) is 120 cm³/mol. The number of hydrogen-bond acceptors (Lipinski definition) is 5. The third kappa shape index (κ3) is 4.26. The van der Waals surface area contributed by atoms with Crippen molar-refractivity contribution in [2.24, 2.45) is 7.05 Å². The molecular weight excluding hydrogens is 402 g/mol. The first-order chi connectivity index (χ1) is 14.0. The van der Waals surface area contributed by atoms with Gasteiger partial charge in [0.05, 0.1) is 11.4 Å². The Kier molecular flexibility index (Phi) is 6.06. The summed E-state index contributed by atoms with van der Waals surface area (Å²) in [6, 6.07) is 9.90. The Morgan fingerprint density at radius 1 is 1.28 bits per heavy atom. The fourth-order valence-corrected chi connectivity index (χ4v) is 5.98. The summed E-state index contributed by atoms with van der Waals surface area (Å²) in [4.78, 5) is 32.2. The van der Waals surface area contributed by atoms with Crippen LogP contribution in [0.4, 0.5) is 0 Å². The molecule has 0 bridgehead atoms. The van der Waals surface area contributed by atoms with Gasteiger partial charge < -0.3 is 5.32 Å². The lowest BCUT2D eigenvalue weighted by atomic mass is 9.97. The van der Waals surface area contributed by atoms with Crippen molar-refractivity contribution in [3.8, 4) is 0 Å². The zero-order valence-electron chi connectivity index (χ0n) is 16.7. The lowest BCUT2D eigenvalue weighted by Gasteiger charge is -2.14. The zero-order chi connectivity index (χ0) is 20.4. The van der Waals surface area contributed by atoms with Crippen LogP contribution in [0.3, 0.4) is 0 Å². The Hall–Kier alpha value is -2.12. The number of aryl methyl sites for hydroxylation is 2. The molecular formula is C22H25N3O2S2. The van der Waals surface area contributed by atoms with Crippen LogP contribution in [-0.4, -0.2) is 21.2 Å². The second-order valence-electron chi connectivity index (χ2n) is 7.45. The number of nitrogens with zero attached hydrogens (tertiary/aromatic N) is 2. The second kappa shape index (κ2) is 8.71. The minimum atomic E-state index is -0.0232. The van der Waals surface area contributed by atoms with E-state index >= 15 is 0 Å². The first-order valence-corrected chi connectivity index (χ1v) is 11.8. The van der Waals surface area contributed by atoms with Gasteiger partial charge in [-0.05, 0) is 43.7 Å². The van der Waals surface area contributed by atoms with Gasteiger partial charge >= 0.3 is 0 Å². The molecule has 4 rings (SSSR count). The monoisotopic (exact) mass is 427 g/mol. The number of carbonyl (C=O) groups is 1. The van der Waals surface area contributed by atoms with Crippen molar-refractivity contribution in [2.75, 3.05) is 5.75 Å². The van der Waals surface area contributed by atoms with Crippen LogP contribution in [0.15, 0.2) is 40.3 Å². The molecule has 0 fully saturated rings. The van der Waals surface area contributed by atoms with E-state index in [2.05, 4.69) is 5.32 Å². The molecule has 1 aromatic carbocycles. The standard InChI is InChI=1S/C22H25N3O2S2/c1-14(15-8-4-3-5-9-15)23-18(26)12-13-28-22-24-20-19(21(27)25(22)2)16-10-6-7-11-17(16)29-20/h3-5,8-9,14H,6-7,10-13H2,1-2H3,(H,23,26)/t14-/m1/s1. The smallest absolute Gasteiger partial charge is 0.262 e. The molecule has 2 heterocycles. The van der Waals surface area contributed by atoms with Crippen molar-refractivity contribution in [3.05, 3.63) is 56.7 Å². The minimum Gasteiger partial charge on any atom is -0.350 e. The maximum absolute atomic E-state index is 12.9. The lowest BCUT2D eigenvalue weighted by Crippen LogP contribution is -2.27. The van der Waals surface area contributed by atoms with Crippen molar-refractivity contribution >= 4 is 39.2 Å². The molecule has 1 amide bonds. The topological polar surface area (TPSA) is 64.0 Å². The average molecular weight is 428 g/mol. The molecule has 29 heavy (non-hydrogen) atoms. The van der Waals surface area contributed by atoms with Gasteiger partial charge in [-0.1, -0.05) is 42.1 Å². The molecule has 0 saturated carbocycles. The fourth-order valence-electron chi connectivity index (χ4n) is 3.77. The Morgan fingerprint density at radius 2 is 2.03 bits per heavy atom. The number of hydrogen-bond donors (Lipinski definition) is 1. The lowest BCUT2D eigenvalue weighted by molar-refractivity contribution is -0.121. The molecule has 152 valence electrons. The van der Waals surface area contributed by atoms with Gasteiger partial charge in [0.1, 0.15) is 4.83 Å². The Morgan fingerprint density at radius 3 is 2.83 bits per heavy atom. The summed E-state index contributed by atoms with van der Waals surface area (Å²) in [6.45, 7) is 1.98. The highest BCUT2D eigenvalue weighted by atomic mass is 32.2. The maximum atomic E-state index is 12.9. The van der Waals surface area contributed by atoms with Crippen LogP contribution in [0, 0.1) is 0 Å². The summed E-state index contributed by atoms with van der Waals surface area (Å²) >= 11 is 3.14. The first kappa shape index (κ1) is 20.2. The van der Waals surface area contributed by atoms with Gasteiger partial charge in [-0.3, -0.25) is 14.2 Å². The minimum absolute atomic E-state index is 0.00604. The van der Waals surface area contributed by atoms with E-state index in [1.165, 1.54) is 28.6 Å². The molecule has 5 nitrogen and oxygen atoms in total. The maximum Gasteiger partial charge on any atom is 0.262 e. The molecule has 0 aliphatic heterocycles. The summed E-state index contributed by atoms with van der Waals surface area (Å²) in [5.41, 5.74) is 2.35. The highest BCUT2D eigenvalue weighted by Crippen LogP contribution is 2.34. The Balaban J connectivity index is 1.41. The third-order valence-electron chi connectivity index (χ3n) is 5.39. The number of carbonyl (C=O) groups excluding carboxylic acids is 1. The number of thioether (sulfide) groups is 1. The van der Waals surface area contributed by atoms with E-state index in [1.54, 1.807) is 23.0 Å². The number of benzene rings is 1. The molecule has 2 aromatic heterocycles. The van der Waals surface area contributed by atoms with E-state index in [0.29, 0.717) is 17.3 Å². The Labute approximate surface area is 178 Å². The highest BCUT2D eigenvalue weighted by Gasteiger charge is 2.21. The Bertz CT molecular complexity index is 1090. The van der Waals surface area contributed by atoms with Crippen LogP contribution in [0.2, 0.25) is 0 Å². The summed E-state index contributed by atoms with van der Waals surface area (Å²) in [5.74, 6) is 0.594. The highest BCUT2D eigenvalue weighted by molar-refractivity contribution is 7.99. The molecule has 3 aromatic rings. The van der Waals surface area contributed by atoms with E-state index in [-0.39, 0.29) is 17.5 Å². The molecule has 0 radical (unpaired) electrons. The van der Waals surface area contributed by atoms with Gasteiger partial charge in [-0.15, -0.1) is 11.3 Å². The molecule has 1 atom stereocenters.